The largest absolute Gasteiger partial charge is 0.507 e. The lowest BCUT2D eigenvalue weighted by molar-refractivity contribution is -0.0163. The molecule has 148 valence electrons. The topological polar surface area (TPSA) is 46.5 Å². The van der Waals surface area contributed by atoms with E-state index in [1.165, 1.54) is 0 Å². The first-order chi connectivity index (χ1) is 14.5. The number of phenols is 1. The molecule has 2 unspecified atom stereocenters. The van der Waals surface area contributed by atoms with Crippen LogP contribution >= 0.6 is 0 Å². The van der Waals surface area contributed by atoms with Crippen molar-refractivity contribution in [2.75, 3.05) is 0 Å². The molecule has 0 spiro atoms. The van der Waals surface area contributed by atoms with E-state index in [1.807, 2.05) is 66.7 Å². The number of fused-ring (bicyclic) bond motifs is 7. The minimum Gasteiger partial charge on any atom is -0.507 e. The Balaban J connectivity index is 1.49. The Morgan fingerprint density at radius 3 is 2.43 bits per heavy atom. The second kappa shape index (κ2) is 5.85. The highest BCUT2D eigenvalue weighted by molar-refractivity contribution is 6.04. The molecular formula is C27H22O3. The van der Waals surface area contributed by atoms with Gasteiger partial charge in [0.2, 0.25) is 0 Å². The van der Waals surface area contributed by atoms with E-state index >= 15 is 0 Å². The van der Waals surface area contributed by atoms with Crippen LogP contribution in [-0.2, 0) is 15.8 Å². The summed E-state index contributed by atoms with van der Waals surface area (Å²) in [6.45, 7) is 2.18. The Hall–Kier alpha value is -3.33. The highest BCUT2D eigenvalue weighted by atomic mass is 16.6. The zero-order valence-corrected chi connectivity index (χ0v) is 16.8. The number of hydrogen-bond donors (Lipinski definition) is 1. The molecule has 2 bridgehead atoms. The zero-order chi connectivity index (χ0) is 20.5. The summed E-state index contributed by atoms with van der Waals surface area (Å²) >= 11 is 0. The first-order valence-corrected chi connectivity index (χ1v) is 10.5. The number of rotatable bonds is 2. The summed E-state index contributed by atoms with van der Waals surface area (Å²) in [6.07, 6.45) is 2.40. The molecule has 1 fully saturated rings. The second-order valence-electron chi connectivity index (χ2n) is 9.02. The average Bonchev–Trinajstić information content (AvgIpc) is 3.22. The number of aromatic hydroxyl groups is 1. The summed E-state index contributed by atoms with van der Waals surface area (Å²) in [7, 11) is 0. The summed E-state index contributed by atoms with van der Waals surface area (Å²) in [5.41, 5.74) is 1.66. The summed E-state index contributed by atoms with van der Waals surface area (Å²) in [5, 5.41) is 14.9. The molecule has 30 heavy (non-hydrogen) atoms. The van der Waals surface area contributed by atoms with Crippen LogP contribution in [-0.4, -0.2) is 11.1 Å². The van der Waals surface area contributed by atoms with Crippen LogP contribution in [0.2, 0.25) is 0 Å². The van der Waals surface area contributed by atoms with Crippen molar-refractivity contribution >= 4 is 27.5 Å². The van der Waals surface area contributed by atoms with Gasteiger partial charge in [0.05, 0.1) is 5.56 Å². The molecule has 1 N–H and O–H groups in total. The third kappa shape index (κ3) is 2.23. The molecule has 2 aliphatic rings. The first-order valence-electron chi connectivity index (χ1n) is 10.5. The van der Waals surface area contributed by atoms with Crippen LogP contribution in [0.4, 0.5) is 0 Å². The number of hydrogen-bond acceptors (Lipinski definition) is 3. The quantitative estimate of drug-likeness (QED) is 0.411. The van der Waals surface area contributed by atoms with Crippen molar-refractivity contribution in [1.29, 1.82) is 0 Å². The van der Waals surface area contributed by atoms with Crippen molar-refractivity contribution in [3.05, 3.63) is 89.5 Å². The smallest absolute Gasteiger partial charge is 0.339 e. The number of ether oxygens (including phenoxy) is 1. The van der Waals surface area contributed by atoms with Gasteiger partial charge in [-0.2, -0.15) is 0 Å². The predicted octanol–water partition coefficient (Wildman–Crippen LogP) is 6.21. The lowest BCUT2D eigenvalue weighted by Crippen LogP contribution is -2.28. The summed E-state index contributed by atoms with van der Waals surface area (Å²) in [6, 6.07) is 23.6. The maximum Gasteiger partial charge on any atom is 0.339 e. The molecule has 1 saturated carbocycles. The number of carbonyl (C=O) groups excluding carboxylic acids is 1. The van der Waals surface area contributed by atoms with Crippen molar-refractivity contribution in [2.45, 2.75) is 37.2 Å². The maximum atomic E-state index is 13.4. The Morgan fingerprint density at radius 2 is 1.60 bits per heavy atom. The highest BCUT2D eigenvalue weighted by Gasteiger charge is 2.59. The summed E-state index contributed by atoms with van der Waals surface area (Å²) in [4.78, 5) is 13.4. The van der Waals surface area contributed by atoms with E-state index in [2.05, 4.69) is 13.0 Å². The van der Waals surface area contributed by atoms with Gasteiger partial charge in [0, 0.05) is 28.3 Å². The van der Waals surface area contributed by atoms with Gasteiger partial charge in [-0.1, -0.05) is 67.6 Å². The van der Waals surface area contributed by atoms with E-state index in [4.69, 9.17) is 4.74 Å². The molecule has 0 saturated heterocycles. The molecule has 0 aliphatic heterocycles. The zero-order valence-electron chi connectivity index (χ0n) is 16.8. The number of benzene rings is 4. The van der Waals surface area contributed by atoms with E-state index in [0.717, 1.165) is 51.9 Å². The highest BCUT2D eigenvalue weighted by Crippen LogP contribution is 2.64. The van der Waals surface area contributed by atoms with E-state index in [0.29, 0.717) is 11.3 Å². The lowest BCUT2D eigenvalue weighted by atomic mass is 9.79. The third-order valence-corrected chi connectivity index (χ3v) is 7.17. The van der Waals surface area contributed by atoms with Gasteiger partial charge in [-0.3, -0.25) is 0 Å². The minimum absolute atomic E-state index is 0.178. The standard InChI is InChI=1S/C27H22O3/c1-26-13-14-27(16-26,22-15-18-8-3-5-11-20(18)24(28)23(22)26)30-25(29)21-12-6-9-17-7-2-4-10-19(17)21/h2-12,15,28H,13-14,16H2,1H3. The maximum absolute atomic E-state index is 13.4. The number of esters is 1. The average molecular weight is 394 g/mol. The van der Waals surface area contributed by atoms with Gasteiger partial charge in [-0.15, -0.1) is 0 Å². The minimum atomic E-state index is -0.681. The summed E-state index contributed by atoms with van der Waals surface area (Å²) in [5.74, 6) is 0.0462. The van der Waals surface area contributed by atoms with Crippen LogP contribution < -0.4 is 0 Å². The predicted molar refractivity (Wildman–Crippen MR) is 118 cm³/mol. The fourth-order valence-corrected chi connectivity index (χ4v) is 5.80. The summed E-state index contributed by atoms with van der Waals surface area (Å²) < 4.78 is 6.33. The molecule has 0 radical (unpaired) electrons. The molecule has 3 heteroatoms. The molecule has 4 aromatic carbocycles. The van der Waals surface area contributed by atoms with Crippen LogP contribution in [0.15, 0.2) is 72.8 Å². The van der Waals surface area contributed by atoms with Crippen LogP contribution in [0.25, 0.3) is 21.5 Å². The monoisotopic (exact) mass is 394 g/mol. The van der Waals surface area contributed by atoms with Crippen molar-refractivity contribution in [3.8, 4) is 5.75 Å². The fourth-order valence-electron chi connectivity index (χ4n) is 5.80. The van der Waals surface area contributed by atoms with Crippen LogP contribution in [0.5, 0.6) is 5.75 Å². The Labute approximate surface area is 174 Å². The molecule has 0 heterocycles. The second-order valence-corrected chi connectivity index (χ2v) is 9.02. The van der Waals surface area contributed by atoms with E-state index < -0.39 is 5.60 Å². The van der Waals surface area contributed by atoms with Gasteiger partial charge in [0.25, 0.3) is 0 Å². The van der Waals surface area contributed by atoms with Gasteiger partial charge in [-0.25, -0.2) is 4.79 Å². The van der Waals surface area contributed by atoms with E-state index in [-0.39, 0.29) is 11.4 Å². The number of carbonyl (C=O) groups is 1. The van der Waals surface area contributed by atoms with Gasteiger partial charge in [-0.05, 0) is 41.1 Å². The Bertz CT molecular complexity index is 1350. The normalized spacial score (nSPS) is 24.3. The van der Waals surface area contributed by atoms with Gasteiger partial charge >= 0.3 is 5.97 Å². The van der Waals surface area contributed by atoms with E-state index in [9.17, 15) is 9.90 Å². The van der Waals surface area contributed by atoms with Crippen LogP contribution in [0.3, 0.4) is 0 Å². The van der Waals surface area contributed by atoms with Crippen molar-refractivity contribution in [1.82, 2.24) is 0 Å². The fraction of sp³-hybridized carbons (Fsp3) is 0.222. The lowest BCUT2D eigenvalue weighted by Gasteiger charge is -2.31. The molecule has 6 rings (SSSR count). The molecule has 0 amide bonds. The van der Waals surface area contributed by atoms with Crippen LogP contribution in [0, 0.1) is 0 Å². The van der Waals surface area contributed by atoms with Crippen molar-refractivity contribution in [2.24, 2.45) is 0 Å². The van der Waals surface area contributed by atoms with Gasteiger partial charge in [0.15, 0.2) is 0 Å². The molecule has 0 aromatic heterocycles. The Kier molecular flexibility index (Phi) is 3.42. The molecule has 2 aliphatic carbocycles. The molecule has 3 nitrogen and oxygen atoms in total. The van der Waals surface area contributed by atoms with Crippen molar-refractivity contribution in [3.63, 3.8) is 0 Å². The third-order valence-electron chi connectivity index (χ3n) is 7.17. The molecule has 4 aromatic rings. The number of phenolic OH excluding ortho intramolecular Hbond substituents is 1. The van der Waals surface area contributed by atoms with Crippen molar-refractivity contribution < 1.29 is 14.6 Å². The molecule has 2 atom stereocenters. The van der Waals surface area contributed by atoms with E-state index in [1.54, 1.807) is 0 Å². The Morgan fingerprint density at radius 1 is 0.900 bits per heavy atom. The molecular weight excluding hydrogens is 372 g/mol. The first kappa shape index (κ1) is 17.5. The van der Waals surface area contributed by atoms with Gasteiger partial charge < -0.3 is 9.84 Å². The SMILES string of the molecule is CC12CCC(OC(=O)c3cccc4ccccc34)(C1)c1cc3ccccc3c(O)c12. The van der Waals surface area contributed by atoms with Gasteiger partial charge in [0.1, 0.15) is 11.4 Å². The van der Waals surface area contributed by atoms with Crippen LogP contribution in [0.1, 0.15) is 47.7 Å².